The van der Waals surface area contributed by atoms with Crippen molar-refractivity contribution in [2.75, 3.05) is 19.8 Å². The first kappa shape index (κ1) is 17.6. The van der Waals surface area contributed by atoms with Crippen LogP contribution in [0.4, 0.5) is 0 Å². The summed E-state index contributed by atoms with van der Waals surface area (Å²) in [4.78, 5) is 33.7. The van der Waals surface area contributed by atoms with E-state index in [9.17, 15) is 14.4 Å². The molecule has 0 aromatic heterocycles. The summed E-state index contributed by atoms with van der Waals surface area (Å²) < 4.78 is 32.0. The van der Waals surface area contributed by atoms with E-state index >= 15 is 0 Å². The van der Waals surface area contributed by atoms with Crippen LogP contribution in [0.25, 0.3) is 0 Å². The highest BCUT2D eigenvalue weighted by atomic mass is 16.8. The molecule has 0 spiro atoms. The summed E-state index contributed by atoms with van der Waals surface area (Å²) in [5.74, 6) is -1.65. The second kappa shape index (κ2) is 7.71. The van der Waals surface area contributed by atoms with E-state index < -0.39 is 48.6 Å². The molecule has 9 nitrogen and oxygen atoms in total. The van der Waals surface area contributed by atoms with Crippen molar-refractivity contribution in [2.24, 2.45) is 0 Å². The summed E-state index contributed by atoms with van der Waals surface area (Å²) in [6, 6.07) is 0. The first-order valence-corrected chi connectivity index (χ1v) is 7.25. The Morgan fingerprint density at radius 3 is 2.35 bits per heavy atom. The average molecular weight is 332 g/mol. The Balaban J connectivity index is 2.16. The van der Waals surface area contributed by atoms with E-state index in [-0.39, 0.29) is 6.61 Å². The highest BCUT2D eigenvalue weighted by Gasteiger charge is 2.53. The molecule has 2 heterocycles. The molecule has 2 fully saturated rings. The standard InChI is InChI=1S/C14H20O9/c1-7(15)20-6-10(21-8(2)16)11-12(22-9(3)17)13-14(23-11)19-5-4-18-13/h10-14H,4-6H2,1-3H3/t10-,11-,12+,13-,14?/m1/s1. The summed E-state index contributed by atoms with van der Waals surface area (Å²) in [6.45, 7) is 4.14. The second-order valence-electron chi connectivity index (χ2n) is 5.20. The highest BCUT2D eigenvalue weighted by molar-refractivity contribution is 5.67. The van der Waals surface area contributed by atoms with Crippen LogP contribution in [0.2, 0.25) is 0 Å². The predicted molar refractivity (Wildman–Crippen MR) is 72.1 cm³/mol. The first-order chi connectivity index (χ1) is 10.9. The van der Waals surface area contributed by atoms with Crippen LogP contribution in [0.15, 0.2) is 0 Å². The molecule has 0 aromatic carbocycles. The quantitative estimate of drug-likeness (QED) is 0.489. The number of hydrogen-bond donors (Lipinski definition) is 0. The van der Waals surface area contributed by atoms with E-state index in [0.29, 0.717) is 13.2 Å². The molecule has 0 aliphatic carbocycles. The molecule has 23 heavy (non-hydrogen) atoms. The summed E-state index contributed by atoms with van der Waals surface area (Å²) in [6.07, 6.45) is -4.02. The van der Waals surface area contributed by atoms with E-state index in [2.05, 4.69) is 0 Å². The number of hydrogen-bond acceptors (Lipinski definition) is 9. The van der Waals surface area contributed by atoms with Crippen LogP contribution in [0, 0.1) is 0 Å². The Labute approximate surface area is 133 Å². The van der Waals surface area contributed by atoms with Gasteiger partial charge in [0.05, 0.1) is 13.2 Å². The van der Waals surface area contributed by atoms with Crippen LogP contribution in [0.5, 0.6) is 0 Å². The smallest absolute Gasteiger partial charge is 0.303 e. The summed E-state index contributed by atoms with van der Waals surface area (Å²) in [7, 11) is 0. The fourth-order valence-electron chi connectivity index (χ4n) is 2.54. The normalized spacial score (nSPS) is 30.9. The number of esters is 3. The molecular formula is C14H20O9. The molecule has 0 saturated carbocycles. The molecule has 130 valence electrons. The van der Waals surface area contributed by atoms with E-state index in [1.54, 1.807) is 0 Å². The minimum absolute atomic E-state index is 0.225. The number of fused-ring (bicyclic) bond motifs is 1. The van der Waals surface area contributed by atoms with Gasteiger partial charge in [-0.3, -0.25) is 14.4 Å². The van der Waals surface area contributed by atoms with E-state index in [4.69, 9.17) is 28.4 Å². The van der Waals surface area contributed by atoms with Crippen LogP contribution < -0.4 is 0 Å². The summed E-state index contributed by atoms with van der Waals surface area (Å²) in [5.41, 5.74) is 0. The molecule has 1 unspecified atom stereocenters. The van der Waals surface area contributed by atoms with Gasteiger partial charge in [-0.2, -0.15) is 0 Å². The van der Waals surface area contributed by atoms with Crippen molar-refractivity contribution in [2.45, 2.75) is 51.5 Å². The van der Waals surface area contributed by atoms with Gasteiger partial charge in [0.2, 0.25) is 0 Å². The van der Waals surface area contributed by atoms with Gasteiger partial charge in [0.15, 0.2) is 18.5 Å². The van der Waals surface area contributed by atoms with Crippen LogP contribution in [-0.4, -0.2) is 68.4 Å². The molecule has 2 rings (SSSR count). The third-order valence-electron chi connectivity index (χ3n) is 3.32. The topological polar surface area (TPSA) is 107 Å². The lowest BCUT2D eigenvalue weighted by atomic mass is 10.1. The SMILES string of the molecule is CC(=O)OC[C@@H](OC(C)=O)[C@H]1OC2OCCO[C@@H]2[C@H]1OC(C)=O. The van der Waals surface area contributed by atoms with Gasteiger partial charge in [-0.05, 0) is 0 Å². The van der Waals surface area contributed by atoms with Crippen molar-refractivity contribution in [3.8, 4) is 0 Å². The third kappa shape index (κ3) is 4.63. The number of rotatable bonds is 5. The molecule has 2 aliphatic heterocycles. The van der Waals surface area contributed by atoms with Crippen LogP contribution in [0.1, 0.15) is 20.8 Å². The maximum absolute atomic E-state index is 11.4. The monoisotopic (exact) mass is 332 g/mol. The van der Waals surface area contributed by atoms with Crippen molar-refractivity contribution in [3.05, 3.63) is 0 Å². The second-order valence-corrected chi connectivity index (χ2v) is 5.20. The van der Waals surface area contributed by atoms with Gasteiger partial charge in [-0.25, -0.2) is 0 Å². The van der Waals surface area contributed by atoms with Gasteiger partial charge in [-0.15, -0.1) is 0 Å². The van der Waals surface area contributed by atoms with Crippen molar-refractivity contribution in [3.63, 3.8) is 0 Å². The minimum atomic E-state index is -0.946. The summed E-state index contributed by atoms with van der Waals surface area (Å²) >= 11 is 0. The van der Waals surface area contributed by atoms with Crippen LogP contribution >= 0.6 is 0 Å². The number of carbonyl (C=O) groups is 3. The van der Waals surface area contributed by atoms with E-state index in [1.807, 2.05) is 0 Å². The van der Waals surface area contributed by atoms with Crippen molar-refractivity contribution in [1.82, 2.24) is 0 Å². The zero-order chi connectivity index (χ0) is 17.0. The molecule has 0 radical (unpaired) electrons. The van der Waals surface area contributed by atoms with Gasteiger partial charge >= 0.3 is 17.9 Å². The lowest BCUT2D eigenvalue weighted by Crippen LogP contribution is -2.47. The van der Waals surface area contributed by atoms with Crippen LogP contribution in [0.3, 0.4) is 0 Å². The van der Waals surface area contributed by atoms with Gasteiger partial charge < -0.3 is 28.4 Å². The van der Waals surface area contributed by atoms with E-state index in [0.717, 1.165) is 0 Å². The Bertz CT molecular complexity index is 463. The van der Waals surface area contributed by atoms with Crippen molar-refractivity contribution >= 4 is 17.9 Å². The van der Waals surface area contributed by atoms with Gasteiger partial charge in [0, 0.05) is 20.8 Å². The number of carbonyl (C=O) groups excluding carboxylic acids is 3. The zero-order valence-corrected chi connectivity index (χ0v) is 13.2. The fourth-order valence-corrected chi connectivity index (χ4v) is 2.54. The fraction of sp³-hybridized carbons (Fsp3) is 0.786. The number of ether oxygens (including phenoxy) is 6. The average Bonchev–Trinajstić information content (AvgIpc) is 2.81. The molecular weight excluding hydrogens is 312 g/mol. The lowest BCUT2D eigenvalue weighted by Gasteiger charge is -2.28. The molecule has 2 saturated heterocycles. The molecule has 0 N–H and O–H groups in total. The molecule has 0 amide bonds. The lowest BCUT2D eigenvalue weighted by molar-refractivity contribution is -0.228. The largest absolute Gasteiger partial charge is 0.462 e. The van der Waals surface area contributed by atoms with Crippen molar-refractivity contribution < 1.29 is 42.8 Å². The Morgan fingerprint density at radius 2 is 1.74 bits per heavy atom. The molecule has 2 aliphatic rings. The summed E-state index contributed by atoms with van der Waals surface area (Å²) in [5, 5.41) is 0. The maximum atomic E-state index is 11.4. The van der Waals surface area contributed by atoms with Gasteiger partial charge in [0.25, 0.3) is 0 Å². The predicted octanol–water partition coefficient (Wildman–Crippen LogP) is -0.447. The highest BCUT2D eigenvalue weighted by Crippen LogP contribution is 2.32. The molecule has 0 aromatic rings. The Morgan fingerprint density at radius 1 is 1.04 bits per heavy atom. The third-order valence-corrected chi connectivity index (χ3v) is 3.32. The first-order valence-electron chi connectivity index (χ1n) is 7.25. The Kier molecular flexibility index (Phi) is 5.91. The van der Waals surface area contributed by atoms with Gasteiger partial charge in [0.1, 0.15) is 18.8 Å². The Hall–Kier alpha value is -1.71. The molecule has 5 atom stereocenters. The maximum Gasteiger partial charge on any atom is 0.303 e. The molecule has 9 heteroatoms. The molecule has 0 bridgehead atoms. The van der Waals surface area contributed by atoms with Crippen molar-refractivity contribution in [1.29, 1.82) is 0 Å². The zero-order valence-electron chi connectivity index (χ0n) is 13.2. The van der Waals surface area contributed by atoms with Crippen LogP contribution in [-0.2, 0) is 42.8 Å². The van der Waals surface area contributed by atoms with E-state index in [1.165, 1.54) is 20.8 Å². The van der Waals surface area contributed by atoms with Gasteiger partial charge in [-0.1, -0.05) is 0 Å². The minimum Gasteiger partial charge on any atom is -0.462 e.